The largest absolute Gasteiger partial charge is 0.288 e. The number of carbonyl (C=O) groups is 2. The average molecular weight is 237 g/mol. The molecular formula is C10H11N3O4. The van der Waals surface area contributed by atoms with Gasteiger partial charge in [-0.1, -0.05) is 12.1 Å². The van der Waals surface area contributed by atoms with Crippen molar-refractivity contribution in [3.8, 4) is 0 Å². The molecule has 2 amide bonds. The van der Waals surface area contributed by atoms with Crippen molar-refractivity contribution in [1.82, 2.24) is 10.7 Å². The van der Waals surface area contributed by atoms with Crippen molar-refractivity contribution in [3.63, 3.8) is 0 Å². The molecule has 5 N–H and O–H groups in total. The zero-order valence-corrected chi connectivity index (χ0v) is 8.70. The zero-order chi connectivity index (χ0) is 12.8. The summed E-state index contributed by atoms with van der Waals surface area (Å²) in [5, 5.41) is 17.0. The highest BCUT2D eigenvalue weighted by atomic mass is 16.5. The summed E-state index contributed by atoms with van der Waals surface area (Å²) in [4.78, 5) is 22.0. The van der Waals surface area contributed by atoms with E-state index in [0.717, 1.165) is 6.08 Å². The van der Waals surface area contributed by atoms with E-state index in [2.05, 4.69) is 0 Å². The first kappa shape index (κ1) is 12.8. The molecule has 0 saturated carbocycles. The average Bonchev–Trinajstić information content (AvgIpc) is 2.35. The Morgan fingerprint density at radius 1 is 1.41 bits per heavy atom. The number of hydrogen-bond acceptors (Lipinski definition) is 5. The number of amides is 2. The fourth-order valence-corrected chi connectivity index (χ4v) is 1.09. The molecule has 90 valence electrons. The molecule has 0 spiro atoms. The quantitative estimate of drug-likeness (QED) is 0.193. The third-order valence-corrected chi connectivity index (χ3v) is 1.89. The van der Waals surface area contributed by atoms with Gasteiger partial charge in [0.1, 0.15) is 0 Å². The van der Waals surface area contributed by atoms with Crippen LogP contribution in [-0.2, 0) is 4.79 Å². The Labute approximate surface area is 96.6 Å². The standard InChI is InChI=1S/C10H11N3O4/c11-13(17)9(14)5-4-7-2-1-3-8(6-7)10(15)12-16/h1-6,16-17H,11H2,(H,12,15)/b5-4+. The van der Waals surface area contributed by atoms with E-state index in [0.29, 0.717) is 5.56 Å². The number of rotatable bonds is 3. The number of benzene rings is 1. The fourth-order valence-electron chi connectivity index (χ4n) is 1.09. The summed E-state index contributed by atoms with van der Waals surface area (Å²) in [6.45, 7) is 0. The van der Waals surface area contributed by atoms with Crippen LogP contribution < -0.4 is 11.3 Å². The molecule has 0 aliphatic heterocycles. The lowest BCUT2D eigenvalue weighted by Crippen LogP contribution is -2.32. The van der Waals surface area contributed by atoms with Gasteiger partial charge in [0, 0.05) is 11.6 Å². The molecule has 0 fully saturated rings. The van der Waals surface area contributed by atoms with Crippen molar-refractivity contribution in [2.24, 2.45) is 5.84 Å². The predicted octanol–water partition coefficient (Wildman–Crippen LogP) is -0.0897. The van der Waals surface area contributed by atoms with Crippen LogP contribution >= 0.6 is 0 Å². The van der Waals surface area contributed by atoms with Crippen molar-refractivity contribution < 1.29 is 20.0 Å². The van der Waals surface area contributed by atoms with Gasteiger partial charge in [-0.05, 0) is 23.8 Å². The lowest BCUT2D eigenvalue weighted by molar-refractivity contribution is -0.160. The molecule has 0 saturated heterocycles. The van der Waals surface area contributed by atoms with E-state index in [1.54, 1.807) is 12.1 Å². The first-order chi connectivity index (χ1) is 8.04. The van der Waals surface area contributed by atoms with Crippen LogP contribution in [0, 0.1) is 0 Å². The Morgan fingerprint density at radius 3 is 2.71 bits per heavy atom. The summed E-state index contributed by atoms with van der Waals surface area (Å²) in [5.41, 5.74) is 2.27. The second-order valence-electron chi connectivity index (χ2n) is 3.08. The Morgan fingerprint density at radius 2 is 2.12 bits per heavy atom. The van der Waals surface area contributed by atoms with Gasteiger partial charge in [-0.25, -0.2) is 11.3 Å². The summed E-state index contributed by atoms with van der Waals surface area (Å²) >= 11 is 0. The third-order valence-electron chi connectivity index (χ3n) is 1.89. The van der Waals surface area contributed by atoms with Crippen LogP contribution in [0.2, 0.25) is 0 Å². The van der Waals surface area contributed by atoms with Gasteiger partial charge < -0.3 is 0 Å². The van der Waals surface area contributed by atoms with Crippen molar-refractivity contribution >= 4 is 17.9 Å². The molecule has 1 aromatic rings. The molecule has 17 heavy (non-hydrogen) atoms. The number of carbonyl (C=O) groups excluding carboxylic acids is 2. The van der Waals surface area contributed by atoms with Crippen LogP contribution in [0.15, 0.2) is 30.3 Å². The number of nitrogens with two attached hydrogens (primary N) is 1. The molecule has 0 aliphatic carbocycles. The smallest absolute Gasteiger partial charge is 0.284 e. The maximum atomic E-state index is 11.1. The Bertz CT molecular complexity index is 457. The lowest BCUT2D eigenvalue weighted by atomic mass is 10.1. The highest BCUT2D eigenvalue weighted by molar-refractivity contribution is 5.94. The molecule has 0 aliphatic rings. The molecule has 0 aromatic heterocycles. The highest BCUT2D eigenvalue weighted by Crippen LogP contribution is 2.07. The zero-order valence-electron chi connectivity index (χ0n) is 8.70. The monoisotopic (exact) mass is 237 g/mol. The Balaban J connectivity index is 2.86. The Kier molecular flexibility index (Phi) is 4.35. The summed E-state index contributed by atoms with van der Waals surface area (Å²) < 4.78 is 0. The summed E-state index contributed by atoms with van der Waals surface area (Å²) in [6.07, 6.45) is 2.41. The summed E-state index contributed by atoms with van der Waals surface area (Å²) in [7, 11) is 0. The van der Waals surface area contributed by atoms with Gasteiger partial charge in [-0.2, -0.15) is 0 Å². The number of hydrogen-bond donors (Lipinski definition) is 4. The second kappa shape index (κ2) is 5.75. The highest BCUT2D eigenvalue weighted by Gasteiger charge is 2.04. The van der Waals surface area contributed by atoms with Crippen LogP contribution in [0.3, 0.4) is 0 Å². The van der Waals surface area contributed by atoms with Gasteiger partial charge >= 0.3 is 0 Å². The van der Waals surface area contributed by atoms with E-state index in [-0.39, 0.29) is 10.7 Å². The van der Waals surface area contributed by atoms with Crippen LogP contribution in [0.4, 0.5) is 0 Å². The molecule has 7 heteroatoms. The lowest BCUT2D eigenvalue weighted by Gasteiger charge is -2.03. The van der Waals surface area contributed by atoms with Crippen LogP contribution in [-0.4, -0.2) is 27.4 Å². The minimum absolute atomic E-state index is 0.0548. The normalized spacial score (nSPS) is 10.3. The molecule has 0 unspecified atom stereocenters. The van der Waals surface area contributed by atoms with E-state index < -0.39 is 11.8 Å². The molecule has 7 nitrogen and oxygen atoms in total. The predicted molar refractivity (Wildman–Crippen MR) is 57.5 cm³/mol. The van der Waals surface area contributed by atoms with Gasteiger partial charge in [0.05, 0.1) is 0 Å². The van der Waals surface area contributed by atoms with Gasteiger partial charge in [-0.3, -0.25) is 20.0 Å². The third kappa shape index (κ3) is 3.68. The van der Waals surface area contributed by atoms with Gasteiger partial charge in [0.15, 0.2) is 0 Å². The Hall–Kier alpha value is -2.22. The first-order valence-electron chi connectivity index (χ1n) is 4.55. The SMILES string of the molecule is NN(O)C(=O)/C=C/c1cccc(C(=O)NO)c1. The second-order valence-corrected chi connectivity index (χ2v) is 3.08. The molecule has 0 bridgehead atoms. The van der Waals surface area contributed by atoms with E-state index in [1.165, 1.54) is 23.7 Å². The van der Waals surface area contributed by atoms with Gasteiger partial charge in [-0.15, -0.1) is 5.17 Å². The number of hydroxylamine groups is 2. The van der Waals surface area contributed by atoms with Crippen molar-refractivity contribution in [3.05, 3.63) is 41.5 Å². The fraction of sp³-hybridized carbons (Fsp3) is 0. The van der Waals surface area contributed by atoms with E-state index in [1.807, 2.05) is 0 Å². The van der Waals surface area contributed by atoms with Crippen LogP contribution in [0.5, 0.6) is 0 Å². The topological polar surface area (TPSA) is 116 Å². The molecular weight excluding hydrogens is 226 g/mol. The summed E-state index contributed by atoms with van der Waals surface area (Å²) in [6, 6.07) is 6.16. The molecule has 0 atom stereocenters. The van der Waals surface area contributed by atoms with Crippen LogP contribution in [0.25, 0.3) is 6.08 Å². The minimum atomic E-state index is -0.804. The minimum Gasteiger partial charge on any atom is -0.288 e. The maximum absolute atomic E-state index is 11.1. The van der Waals surface area contributed by atoms with E-state index in [4.69, 9.17) is 16.3 Å². The molecule has 0 heterocycles. The molecule has 0 radical (unpaired) electrons. The molecule has 1 aromatic carbocycles. The number of nitrogens with zero attached hydrogens (tertiary/aromatic N) is 1. The van der Waals surface area contributed by atoms with Gasteiger partial charge in [0.25, 0.3) is 11.8 Å². The van der Waals surface area contributed by atoms with Crippen molar-refractivity contribution in [2.45, 2.75) is 0 Å². The maximum Gasteiger partial charge on any atom is 0.284 e. The van der Waals surface area contributed by atoms with Crippen molar-refractivity contribution in [1.29, 1.82) is 0 Å². The van der Waals surface area contributed by atoms with E-state index >= 15 is 0 Å². The van der Waals surface area contributed by atoms with Crippen LogP contribution in [0.1, 0.15) is 15.9 Å². The number of hydrazine groups is 1. The summed E-state index contributed by atoms with van der Waals surface area (Å²) in [5.74, 6) is 3.33. The van der Waals surface area contributed by atoms with Crippen molar-refractivity contribution in [2.75, 3.05) is 0 Å². The van der Waals surface area contributed by atoms with E-state index in [9.17, 15) is 9.59 Å². The molecule has 1 rings (SSSR count). The number of nitrogens with one attached hydrogen (secondary N) is 1. The first-order valence-corrected chi connectivity index (χ1v) is 4.55. The van der Waals surface area contributed by atoms with Gasteiger partial charge in [0.2, 0.25) is 0 Å².